The van der Waals surface area contributed by atoms with Gasteiger partial charge in [-0.05, 0) is 37.3 Å². The highest BCUT2D eigenvalue weighted by molar-refractivity contribution is 7.89. The summed E-state index contributed by atoms with van der Waals surface area (Å²) >= 11 is 0. The molecular formula is C19H21F2N3O5S2. The summed E-state index contributed by atoms with van der Waals surface area (Å²) in [7, 11) is -8.18. The highest BCUT2D eigenvalue weighted by Gasteiger charge is 2.33. The fourth-order valence-electron chi connectivity index (χ4n) is 3.21. The molecule has 3 rings (SSSR count). The van der Waals surface area contributed by atoms with Crippen molar-refractivity contribution in [1.29, 1.82) is 0 Å². The zero-order valence-electron chi connectivity index (χ0n) is 16.5. The lowest BCUT2D eigenvalue weighted by Gasteiger charge is -2.35. The van der Waals surface area contributed by atoms with Gasteiger partial charge in [0.15, 0.2) is 0 Å². The Hall–Kier alpha value is -2.41. The van der Waals surface area contributed by atoms with Crippen LogP contribution in [0, 0.1) is 11.6 Å². The Morgan fingerprint density at radius 3 is 2.23 bits per heavy atom. The molecule has 168 valence electrons. The molecule has 0 bridgehead atoms. The van der Waals surface area contributed by atoms with Gasteiger partial charge >= 0.3 is 0 Å². The van der Waals surface area contributed by atoms with E-state index in [1.807, 2.05) is 0 Å². The van der Waals surface area contributed by atoms with Gasteiger partial charge in [-0.2, -0.15) is 9.03 Å². The maximum absolute atomic E-state index is 13.8. The van der Waals surface area contributed by atoms with Crippen LogP contribution in [0.15, 0.2) is 58.3 Å². The third-order valence-corrected chi connectivity index (χ3v) is 8.28. The minimum Gasteiger partial charge on any atom is -0.339 e. The molecule has 1 aliphatic heterocycles. The lowest BCUT2D eigenvalue weighted by Crippen LogP contribution is -2.55. The Morgan fingerprint density at radius 1 is 0.968 bits per heavy atom. The summed E-state index contributed by atoms with van der Waals surface area (Å²) in [4.78, 5) is 13.2. The predicted molar refractivity (Wildman–Crippen MR) is 108 cm³/mol. The number of carbonyl (C=O) groups excluding carboxylic acids is 1. The maximum Gasteiger partial charge on any atom is 0.244 e. The molecule has 0 saturated carbocycles. The molecule has 1 heterocycles. The number of hydrogen-bond donors (Lipinski definition) is 1. The summed E-state index contributed by atoms with van der Waals surface area (Å²) in [5.41, 5.74) is 0. The van der Waals surface area contributed by atoms with Crippen molar-refractivity contribution in [3.8, 4) is 0 Å². The van der Waals surface area contributed by atoms with Gasteiger partial charge in [0.1, 0.15) is 16.5 Å². The van der Waals surface area contributed by atoms with Gasteiger partial charge in [-0.1, -0.05) is 18.2 Å². The number of nitrogens with one attached hydrogen (secondary N) is 1. The van der Waals surface area contributed by atoms with Crippen molar-refractivity contribution >= 4 is 26.0 Å². The van der Waals surface area contributed by atoms with Gasteiger partial charge in [0.05, 0.1) is 10.9 Å². The summed E-state index contributed by atoms with van der Waals surface area (Å²) in [6.45, 7) is 1.32. The fraction of sp³-hybridized carbons (Fsp3) is 0.316. The first-order valence-corrected chi connectivity index (χ1v) is 12.3. The second-order valence-electron chi connectivity index (χ2n) is 6.96. The second kappa shape index (κ2) is 8.99. The van der Waals surface area contributed by atoms with Crippen LogP contribution in [0.25, 0.3) is 0 Å². The van der Waals surface area contributed by atoms with Crippen LogP contribution in [-0.2, 0) is 24.8 Å². The van der Waals surface area contributed by atoms with Crippen LogP contribution in [0.4, 0.5) is 8.78 Å². The third-order valence-electron chi connectivity index (χ3n) is 4.81. The van der Waals surface area contributed by atoms with Gasteiger partial charge in [0.2, 0.25) is 26.0 Å². The van der Waals surface area contributed by atoms with Crippen molar-refractivity contribution in [2.75, 3.05) is 26.2 Å². The summed E-state index contributed by atoms with van der Waals surface area (Å²) in [5, 5.41) is 0. The van der Waals surface area contributed by atoms with E-state index in [4.69, 9.17) is 0 Å². The number of carbonyl (C=O) groups is 1. The van der Waals surface area contributed by atoms with Crippen LogP contribution in [0.3, 0.4) is 0 Å². The molecule has 2 aromatic rings. The molecule has 0 spiro atoms. The number of sulfonamides is 2. The zero-order valence-corrected chi connectivity index (χ0v) is 18.2. The minimum atomic E-state index is -4.26. The number of piperazine rings is 1. The van der Waals surface area contributed by atoms with E-state index in [9.17, 15) is 30.4 Å². The van der Waals surface area contributed by atoms with Crippen LogP contribution in [0.1, 0.15) is 6.92 Å². The van der Waals surface area contributed by atoms with Crippen LogP contribution in [-0.4, -0.2) is 64.2 Å². The Balaban J connectivity index is 1.64. The van der Waals surface area contributed by atoms with Crippen molar-refractivity contribution < 1.29 is 30.4 Å². The molecular weight excluding hydrogens is 452 g/mol. The number of benzene rings is 2. The van der Waals surface area contributed by atoms with E-state index in [-0.39, 0.29) is 31.1 Å². The smallest absolute Gasteiger partial charge is 0.244 e. The van der Waals surface area contributed by atoms with Crippen molar-refractivity contribution in [2.45, 2.75) is 22.8 Å². The van der Waals surface area contributed by atoms with E-state index in [0.29, 0.717) is 0 Å². The van der Waals surface area contributed by atoms with E-state index >= 15 is 0 Å². The van der Waals surface area contributed by atoms with E-state index < -0.39 is 48.5 Å². The third kappa shape index (κ3) is 5.09. The Bertz CT molecular complexity index is 1180. The molecule has 1 atom stereocenters. The van der Waals surface area contributed by atoms with Crippen molar-refractivity contribution in [3.63, 3.8) is 0 Å². The molecule has 1 N–H and O–H groups in total. The van der Waals surface area contributed by atoms with Gasteiger partial charge in [-0.25, -0.2) is 25.6 Å². The van der Waals surface area contributed by atoms with Crippen LogP contribution in [0.5, 0.6) is 0 Å². The van der Waals surface area contributed by atoms with Crippen LogP contribution >= 0.6 is 0 Å². The molecule has 31 heavy (non-hydrogen) atoms. The molecule has 1 amide bonds. The summed E-state index contributed by atoms with van der Waals surface area (Å²) in [6, 6.07) is 8.26. The predicted octanol–water partition coefficient (Wildman–Crippen LogP) is 1.16. The highest BCUT2D eigenvalue weighted by atomic mass is 32.2. The second-order valence-corrected chi connectivity index (χ2v) is 10.6. The van der Waals surface area contributed by atoms with Crippen LogP contribution in [0.2, 0.25) is 0 Å². The molecule has 8 nitrogen and oxygen atoms in total. The number of amides is 1. The minimum absolute atomic E-state index is 0.0269. The molecule has 0 aliphatic carbocycles. The SMILES string of the molecule is C[C@H](NS(=O)(=O)c1ccccc1F)C(=O)N1CCN(S(=O)(=O)c2cccc(F)c2)CC1. The van der Waals surface area contributed by atoms with Gasteiger partial charge in [-0.3, -0.25) is 4.79 Å². The van der Waals surface area contributed by atoms with Gasteiger partial charge in [0, 0.05) is 26.2 Å². The summed E-state index contributed by atoms with van der Waals surface area (Å²) < 4.78 is 80.6. The first kappa shape index (κ1) is 23.3. The van der Waals surface area contributed by atoms with Crippen LogP contribution < -0.4 is 4.72 Å². The summed E-state index contributed by atoms with van der Waals surface area (Å²) in [5.74, 6) is -2.18. The molecule has 2 aromatic carbocycles. The largest absolute Gasteiger partial charge is 0.339 e. The molecule has 0 unspecified atom stereocenters. The van der Waals surface area contributed by atoms with Crippen molar-refractivity contribution in [3.05, 3.63) is 60.2 Å². The number of nitrogens with zero attached hydrogens (tertiary/aromatic N) is 2. The average Bonchev–Trinajstić information content (AvgIpc) is 2.73. The lowest BCUT2D eigenvalue weighted by atomic mass is 10.2. The fourth-order valence-corrected chi connectivity index (χ4v) is 5.94. The van der Waals surface area contributed by atoms with E-state index in [0.717, 1.165) is 28.6 Å². The van der Waals surface area contributed by atoms with Gasteiger partial charge in [0.25, 0.3) is 0 Å². The van der Waals surface area contributed by atoms with E-state index in [1.165, 1.54) is 36.1 Å². The van der Waals surface area contributed by atoms with Gasteiger partial charge in [-0.15, -0.1) is 0 Å². The normalized spacial score (nSPS) is 16.8. The van der Waals surface area contributed by atoms with Gasteiger partial charge < -0.3 is 4.90 Å². The Labute approximate surface area is 179 Å². The quantitative estimate of drug-likeness (QED) is 0.678. The molecule has 1 fully saturated rings. The van der Waals surface area contributed by atoms with Crippen molar-refractivity contribution in [2.24, 2.45) is 0 Å². The number of rotatable bonds is 6. The summed E-state index contributed by atoms with van der Waals surface area (Å²) in [6.07, 6.45) is 0. The lowest BCUT2D eigenvalue weighted by molar-refractivity contribution is -0.133. The van der Waals surface area contributed by atoms with E-state index in [1.54, 1.807) is 0 Å². The molecule has 0 radical (unpaired) electrons. The Kier molecular flexibility index (Phi) is 6.74. The first-order valence-electron chi connectivity index (χ1n) is 9.34. The standard InChI is InChI=1S/C19H21F2N3O5S2/c1-14(22-30(26,27)18-8-3-2-7-17(18)21)19(25)23-9-11-24(12-10-23)31(28,29)16-6-4-5-15(20)13-16/h2-8,13-14,22H,9-12H2,1H3/t14-/m0/s1. The number of halogens is 2. The average molecular weight is 474 g/mol. The highest BCUT2D eigenvalue weighted by Crippen LogP contribution is 2.19. The maximum atomic E-state index is 13.8. The monoisotopic (exact) mass is 473 g/mol. The molecule has 12 heteroatoms. The molecule has 1 saturated heterocycles. The first-order chi connectivity index (χ1) is 14.5. The molecule has 1 aliphatic rings. The number of hydrogen-bond acceptors (Lipinski definition) is 5. The molecule has 0 aromatic heterocycles. The topological polar surface area (TPSA) is 104 Å². The Morgan fingerprint density at radius 2 is 1.61 bits per heavy atom. The zero-order chi connectivity index (χ0) is 22.8. The van der Waals surface area contributed by atoms with E-state index in [2.05, 4.69) is 4.72 Å². The van der Waals surface area contributed by atoms with Crippen molar-refractivity contribution in [1.82, 2.24) is 13.9 Å².